The van der Waals surface area contributed by atoms with Gasteiger partial charge < -0.3 is 15.4 Å². The third kappa shape index (κ3) is 1.87. The van der Waals surface area contributed by atoms with Gasteiger partial charge in [0.1, 0.15) is 5.75 Å². The number of para-hydroxylation sites is 1. The highest BCUT2D eigenvalue weighted by Crippen LogP contribution is 2.37. The molecule has 0 bridgehead atoms. The van der Waals surface area contributed by atoms with Crippen molar-refractivity contribution in [3.05, 3.63) is 46.8 Å². The van der Waals surface area contributed by atoms with Gasteiger partial charge in [-0.3, -0.25) is 4.79 Å². The van der Waals surface area contributed by atoms with Crippen LogP contribution in [-0.2, 0) is 17.6 Å². The molecular formula is C17H16N2O2. The molecule has 2 aliphatic rings. The number of aromatic hydroxyl groups is 1. The maximum absolute atomic E-state index is 12.1. The Kier molecular flexibility index (Phi) is 2.64. The first-order valence-electron chi connectivity index (χ1n) is 7.29. The Morgan fingerprint density at radius 2 is 1.95 bits per heavy atom. The molecule has 2 aromatic rings. The van der Waals surface area contributed by atoms with E-state index in [0.29, 0.717) is 17.0 Å². The van der Waals surface area contributed by atoms with Crippen LogP contribution in [0.15, 0.2) is 24.3 Å². The van der Waals surface area contributed by atoms with Crippen molar-refractivity contribution in [3.8, 4) is 5.75 Å². The van der Waals surface area contributed by atoms with E-state index in [9.17, 15) is 9.90 Å². The molecular weight excluding hydrogens is 264 g/mol. The largest absolute Gasteiger partial charge is 0.505 e. The van der Waals surface area contributed by atoms with Crippen molar-refractivity contribution in [2.24, 2.45) is 0 Å². The second kappa shape index (κ2) is 4.52. The fourth-order valence-corrected chi connectivity index (χ4v) is 3.22. The van der Waals surface area contributed by atoms with Crippen LogP contribution in [0.25, 0.3) is 11.6 Å². The number of fused-ring (bicyclic) bond motifs is 2. The molecule has 0 atom stereocenters. The van der Waals surface area contributed by atoms with Gasteiger partial charge in [-0.1, -0.05) is 18.2 Å². The fourth-order valence-electron chi connectivity index (χ4n) is 3.22. The van der Waals surface area contributed by atoms with Crippen LogP contribution >= 0.6 is 0 Å². The number of aromatic amines is 1. The van der Waals surface area contributed by atoms with E-state index in [2.05, 4.69) is 10.3 Å². The van der Waals surface area contributed by atoms with Gasteiger partial charge in [0.2, 0.25) is 0 Å². The maximum atomic E-state index is 12.1. The number of benzene rings is 1. The summed E-state index contributed by atoms with van der Waals surface area (Å²) in [7, 11) is 0. The second-order valence-corrected chi connectivity index (χ2v) is 5.61. The van der Waals surface area contributed by atoms with Crippen LogP contribution in [0.5, 0.6) is 5.75 Å². The van der Waals surface area contributed by atoms with Gasteiger partial charge in [-0.2, -0.15) is 0 Å². The zero-order valence-electron chi connectivity index (χ0n) is 11.6. The second-order valence-electron chi connectivity index (χ2n) is 5.61. The van der Waals surface area contributed by atoms with Crippen molar-refractivity contribution >= 4 is 23.2 Å². The number of nitrogens with one attached hydrogen (secondary N) is 2. The first kappa shape index (κ1) is 12.3. The van der Waals surface area contributed by atoms with E-state index in [4.69, 9.17) is 0 Å². The molecule has 4 rings (SSSR count). The van der Waals surface area contributed by atoms with Gasteiger partial charge in [-0.25, -0.2) is 0 Å². The standard InChI is InChI=1S/C17H16N2O2/c20-16-11-6-2-4-8-14(11)18-15(16)9-12-10-5-1-3-7-13(10)19-17(12)21/h1,3,5,7,9,18,20H,2,4,6,8H2,(H,19,21). The van der Waals surface area contributed by atoms with E-state index in [1.807, 2.05) is 24.3 Å². The third-order valence-electron chi connectivity index (χ3n) is 4.29. The Balaban J connectivity index is 1.82. The molecule has 0 unspecified atom stereocenters. The van der Waals surface area contributed by atoms with Crippen molar-refractivity contribution in [1.29, 1.82) is 0 Å². The summed E-state index contributed by atoms with van der Waals surface area (Å²) in [5.41, 5.74) is 5.07. The molecule has 0 saturated heterocycles. The zero-order valence-corrected chi connectivity index (χ0v) is 11.6. The molecule has 106 valence electrons. The average molecular weight is 280 g/mol. The van der Waals surface area contributed by atoms with Crippen molar-refractivity contribution < 1.29 is 9.90 Å². The molecule has 1 aromatic carbocycles. The van der Waals surface area contributed by atoms with Gasteiger partial charge >= 0.3 is 0 Å². The van der Waals surface area contributed by atoms with Gasteiger partial charge in [-0.15, -0.1) is 0 Å². The number of hydrogen-bond acceptors (Lipinski definition) is 2. The number of anilines is 1. The van der Waals surface area contributed by atoms with Crippen LogP contribution in [0.4, 0.5) is 5.69 Å². The van der Waals surface area contributed by atoms with E-state index in [0.717, 1.165) is 48.2 Å². The van der Waals surface area contributed by atoms with Gasteiger partial charge in [-0.05, 0) is 37.8 Å². The lowest BCUT2D eigenvalue weighted by Crippen LogP contribution is -2.03. The summed E-state index contributed by atoms with van der Waals surface area (Å²) in [5, 5.41) is 13.2. The van der Waals surface area contributed by atoms with Gasteiger partial charge in [0.05, 0.1) is 11.3 Å². The van der Waals surface area contributed by atoms with Crippen LogP contribution < -0.4 is 5.32 Å². The quantitative estimate of drug-likeness (QED) is 0.703. The first-order valence-corrected chi connectivity index (χ1v) is 7.29. The van der Waals surface area contributed by atoms with E-state index in [1.165, 1.54) is 0 Å². The first-order chi connectivity index (χ1) is 10.2. The molecule has 21 heavy (non-hydrogen) atoms. The van der Waals surface area contributed by atoms with E-state index >= 15 is 0 Å². The van der Waals surface area contributed by atoms with E-state index in [-0.39, 0.29) is 5.91 Å². The van der Waals surface area contributed by atoms with Crippen LogP contribution in [0, 0.1) is 0 Å². The molecule has 0 saturated carbocycles. The Labute approximate surface area is 122 Å². The zero-order chi connectivity index (χ0) is 14.4. The van der Waals surface area contributed by atoms with Gasteiger partial charge in [0.25, 0.3) is 5.91 Å². The highest BCUT2D eigenvalue weighted by atomic mass is 16.3. The van der Waals surface area contributed by atoms with Crippen LogP contribution in [0.1, 0.15) is 35.4 Å². The number of carbonyl (C=O) groups excluding carboxylic acids is 1. The van der Waals surface area contributed by atoms with Gasteiger partial charge in [0, 0.05) is 22.5 Å². The molecule has 1 aliphatic carbocycles. The van der Waals surface area contributed by atoms with E-state index < -0.39 is 0 Å². The number of rotatable bonds is 1. The molecule has 4 heteroatoms. The summed E-state index contributed by atoms with van der Waals surface area (Å²) in [6, 6.07) is 7.60. The molecule has 0 fully saturated rings. The fraction of sp³-hybridized carbons (Fsp3) is 0.235. The Morgan fingerprint density at radius 1 is 1.14 bits per heavy atom. The highest BCUT2D eigenvalue weighted by Gasteiger charge is 2.25. The predicted molar refractivity (Wildman–Crippen MR) is 82.0 cm³/mol. The predicted octanol–water partition coefficient (Wildman–Crippen LogP) is 3.09. The monoisotopic (exact) mass is 280 g/mol. The summed E-state index contributed by atoms with van der Waals surface area (Å²) < 4.78 is 0. The van der Waals surface area contributed by atoms with Crippen LogP contribution in [-0.4, -0.2) is 16.0 Å². The lowest BCUT2D eigenvalue weighted by molar-refractivity contribution is -0.110. The Bertz CT molecular complexity index is 771. The summed E-state index contributed by atoms with van der Waals surface area (Å²) in [5.74, 6) is 0.178. The SMILES string of the molecule is O=C1Nc2ccccc2C1=Cc1[nH]c2c(c1O)CCCC2. The highest BCUT2D eigenvalue weighted by molar-refractivity contribution is 6.34. The number of carbonyl (C=O) groups is 1. The van der Waals surface area contributed by atoms with Gasteiger partial charge in [0.15, 0.2) is 0 Å². The van der Waals surface area contributed by atoms with Crippen LogP contribution in [0.3, 0.4) is 0 Å². The minimum atomic E-state index is -0.122. The Morgan fingerprint density at radius 3 is 2.81 bits per heavy atom. The number of aryl methyl sites for hydroxylation is 1. The smallest absolute Gasteiger partial charge is 0.256 e. The summed E-state index contributed by atoms with van der Waals surface area (Å²) in [6.07, 6.45) is 5.89. The molecule has 2 heterocycles. The minimum Gasteiger partial charge on any atom is -0.505 e. The topological polar surface area (TPSA) is 65.1 Å². The van der Waals surface area contributed by atoms with Crippen molar-refractivity contribution in [2.45, 2.75) is 25.7 Å². The third-order valence-corrected chi connectivity index (χ3v) is 4.29. The average Bonchev–Trinajstić information content (AvgIpc) is 2.99. The lowest BCUT2D eigenvalue weighted by atomic mass is 9.97. The van der Waals surface area contributed by atoms with Crippen molar-refractivity contribution in [3.63, 3.8) is 0 Å². The lowest BCUT2D eigenvalue weighted by Gasteiger charge is -2.09. The molecule has 1 aliphatic heterocycles. The summed E-state index contributed by atoms with van der Waals surface area (Å²) in [4.78, 5) is 15.4. The van der Waals surface area contributed by atoms with Crippen molar-refractivity contribution in [1.82, 2.24) is 4.98 Å². The maximum Gasteiger partial charge on any atom is 0.256 e. The number of aromatic nitrogens is 1. The number of hydrogen-bond donors (Lipinski definition) is 3. The molecule has 0 radical (unpaired) electrons. The van der Waals surface area contributed by atoms with Crippen molar-refractivity contribution in [2.75, 3.05) is 5.32 Å². The molecule has 3 N–H and O–H groups in total. The molecule has 4 nitrogen and oxygen atoms in total. The number of H-pyrrole nitrogens is 1. The summed E-state index contributed by atoms with van der Waals surface area (Å²) in [6.45, 7) is 0. The molecule has 0 spiro atoms. The molecule has 1 amide bonds. The summed E-state index contributed by atoms with van der Waals surface area (Å²) >= 11 is 0. The normalized spacial score (nSPS) is 18.5. The molecule has 1 aromatic heterocycles. The van der Waals surface area contributed by atoms with E-state index in [1.54, 1.807) is 6.08 Å². The van der Waals surface area contributed by atoms with Crippen LogP contribution in [0.2, 0.25) is 0 Å². The number of amides is 1. The Hall–Kier alpha value is -2.49. The minimum absolute atomic E-state index is 0.122.